The fourth-order valence-corrected chi connectivity index (χ4v) is 1.01. The molecule has 0 rings (SSSR count). The first-order chi connectivity index (χ1) is 6.31. The van der Waals surface area contributed by atoms with Crippen LogP contribution in [0.5, 0.6) is 0 Å². The molecule has 3 nitrogen and oxygen atoms in total. The Labute approximate surface area is 80.8 Å². The highest BCUT2D eigenvalue weighted by Gasteiger charge is 2.25. The van der Waals surface area contributed by atoms with Crippen molar-refractivity contribution in [2.75, 3.05) is 6.54 Å². The lowest BCUT2D eigenvalue weighted by atomic mass is 10.2. The summed E-state index contributed by atoms with van der Waals surface area (Å²) in [7, 11) is 0. The van der Waals surface area contributed by atoms with E-state index in [0.29, 0.717) is 0 Å². The van der Waals surface area contributed by atoms with E-state index in [2.05, 4.69) is 5.32 Å². The molecule has 6 heteroatoms. The molecule has 0 aliphatic rings. The van der Waals surface area contributed by atoms with Crippen molar-refractivity contribution in [3.05, 3.63) is 0 Å². The molecule has 84 valence electrons. The fourth-order valence-electron chi connectivity index (χ4n) is 1.01. The van der Waals surface area contributed by atoms with Crippen LogP contribution in [0.3, 0.4) is 0 Å². The number of nitrogens with one attached hydrogen (secondary N) is 1. The van der Waals surface area contributed by atoms with Crippen LogP contribution < -0.4 is 11.1 Å². The quantitative estimate of drug-likeness (QED) is 0.649. The zero-order chi connectivity index (χ0) is 11.2. The monoisotopic (exact) mass is 212 g/mol. The molecule has 0 fully saturated rings. The molecule has 14 heavy (non-hydrogen) atoms. The average molecular weight is 212 g/mol. The van der Waals surface area contributed by atoms with Gasteiger partial charge in [0.05, 0.1) is 0 Å². The van der Waals surface area contributed by atoms with Crippen molar-refractivity contribution < 1.29 is 18.0 Å². The van der Waals surface area contributed by atoms with Crippen molar-refractivity contribution in [2.24, 2.45) is 5.73 Å². The van der Waals surface area contributed by atoms with Crippen LogP contribution in [0.15, 0.2) is 0 Å². The highest BCUT2D eigenvalue weighted by molar-refractivity contribution is 5.74. The third kappa shape index (κ3) is 9.31. The van der Waals surface area contributed by atoms with E-state index in [9.17, 15) is 18.0 Å². The summed E-state index contributed by atoms with van der Waals surface area (Å²) in [5.41, 5.74) is 4.91. The number of alkyl halides is 3. The van der Waals surface area contributed by atoms with Gasteiger partial charge in [-0.2, -0.15) is 13.2 Å². The van der Waals surface area contributed by atoms with E-state index in [1.165, 1.54) is 0 Å². The smallest absolute Gasteiger partial charge is 0.370 e. The molecule has 0 aliphatic carbocycles. The molecule has 0 saturated heterocycles. The maximum atomic E-state index is 11.7. The fraction of sp³-hybridized carbons (Fsp3) is 0.875. The average Bonchev–Trinajstić information content (AvgIpc) is 1.95. The van der Waals surface area contributed by atoms with Crippen molar-refractivity contribution in [1.82, 2.24) is 5.32 Å². The number of rotatable bonds is 6. The summed E-state index contributed by atoms with van der Waals surface area (Å²) in [5.74, 6) is -0.458. The van der Waals surface area contributed by atoms with Gasteiger partial charge in [-0.3, -0.25) is 4.79 Å². The third-order valence-electron chi connectivity index (χ3n) is 1.64. The first kappa shape index (κ1) is 13.2. The number of carbonyl (C=O) groups excluding carboxylic acids is 1. The van der Waals surface area contributed by atoms with Crippen molar-refractivity contribution in [3.8, 4) is 0 Å². The molecule has 0 aromatic rings. The molecule has 0 aromatic carbocycles. The minimum atomic E-state index is -4.10. The molecule has 3 N–H and O–H groups in total. The zero-order valence-corrected chi connectivity index (χ0v) is 8.03. The molecule has 0 aliphatic heterocycles. The molecular formula is C8H15F3N2O. The standard InChI is InChI=1S/C8H15F3N2O/c1-6(5-7(12)14)13-4-2-3-8(9,10)11/h6,13H,2-5H2,1H3,(H2,12,14). The Kier molecular flexibility index (Phi) is 5.52. The van der Waals surface area contributed by atoms with Crippen LogP contribution in [-0.4, -0.2) is 24.7 Å². The predicted octanol–water partition coefficient (Wildman–Crippen LogP) is 1.18. The lowest BCUT2D eigenvalue weighted by Crippen LogP contribution is -2.32. The topological polar surface area (TPSA) is 55.1 Å². The van der Waals surface area contributed by atoms with E-state index in [0.717, 1.165) is 0 Å². The van der Waals surface area contributed by atoms with E-state index < -0.39 is 18.5 Å². The van der Waals surface area contributed by atoms with Crippen molar-refractivity contribution >= 4 is 5.91 Å². The Hall–Kier alpha value is -0.780. The van der Waals surface area contributed by atoms with Gasteiger partial charge in [-0.1, -0.05) is 0 Å². The molecule has 1 atom stereocenters. The molecule has 0 aromatic heterocycles. The summed E-state index contributed by atoms with van der Waals surface area (Å²) < 4.78 is 35.1. The largest absolute Gasteiger partial charge is 0.389 e. The molecule has 1 unspecified atom stereocenters. The highest BCUT2D eigenvalue weighted by Crippen LogP contribution is 2.20. The van der Waals surface area contributed by atoms with Crippen LogP contribution in [0.4, 0.5) is 13.2 Å². The van der Waals surface area contributed by atoms with Crippen LogP contribution in [0.25, 0.3) is 0 Å². The maximum absolute atomic E-state index is 11.7. The summed E-state index contributed by atoms with van der Waals surface area (Å²) in [6.45, 7) is 1.95. The summed E-state index contributed by atoms with van der Waals surface area (Å²) in [6, 6.07) is -0.166. The Bertz CT molecular complexity index is 182. The highest BCUT2D eigenvalue weighted by atomic mass is 19.4. The van der Waals surface area contributed by atoms with Crippen molar-refractivity contribution in [2.45, 2.75) is 38.4 Å². The lowest BCUT2D eigenvalue weighted by Gasteiger charge is -2.12. The van der Waals surface area contributed by atoms with Crippen LogP contribution in [0, 0.1) is 0 Å². The molecule has 0 radical (unpaired) electrons. The Morgan fingerprint density at radius 2 is 2.07 bits per heavy atom. The first-order valence-corrected chi connectivity index (χ1v) is 4.39. The molecule has 0 saturated carbocycles. The third-order valence-corrected chi connectivity index (χ3v) is 1.64. The van der Waals surface area contributed by atoms with E-state index in [1.807, 2.05) is 0 Å². The maximum Gasteiger partial charge on any atom is 0.389 e. The van der Waals surface area contributed by atoms with E-state index >= 15 is 0 Å². The van der Waals surface area contributed by atoms with E-state index in [1.54, 1.807) is 6.92 Å². The first-order valence-electron chi connectivity index (χ1n) is 4.39. The number of amides is 1. The second kappa shape index (κ2) is 5.85. The number of nitrogens with two attached hydrogens (primary N) is 1. The Morgan fingerprint density at radius 3 is 2.50 bits per heavy atom. The Balaban J connectivity index is 3.41. The van der Waals surface area contributed by atoms with Gasteiger partial charge in [-0.05, 0) is 19.9 Å². The van der Waals surface area contributed by atoms with E-state index in [4.69, 9.17) is 5.73 Å². The van der Waals surface area contributed by atoms with Gasteiger partial charge < -0.3 is 11.1 Å². The van der Waals surface area contributed by atoms with Crippen molar-refractivity contribution in [3.63, 3.8) is 0 Å². The SMILES string of the molecule is CC(CC(N)=O)NCCCC(F)(F)F. The van der Waals surface area contributed by atoms with Crippen LogP contribution in [0.1, 0.15) is 26.2 Å². The second-order valence-corrected chi connectivity index (χ2v) is 3.24. The van der Waals surface area contributed by atoms with Gasteiger partial charge in [-0.25, -0.2) is 0 Å². The van der Waals surface area contributed by atoms with Gasteiger partial charge in [0, 0.05) is 18.9 Å². The van der Waals surface area contributed by atoms with Crippen LogP contribution >= 0.6 is 0 Å². The molecule has 1 amide bonds. The molecular weight excluding hydrogens is 197 g/mol. The van der Waals surface area contributed by atoms with Crippen LogP contribution in [0.2, 0.25) is 0 Å². The van der Waals surface area contributed by atoms with E-state index in [-0.39, 0.29) is 25.4 Å². The normalized spacial score (nSPS) is 14.0. The zero-order valence-electron chi connectivity index (χ0n) is 8.03. The number of primary amides is 1. The number of carbonyl (C=O) groups is 1. The van der Waals surface area contributed by atoms with Crippen molar-refractivity contribution in [1.29, 1.82) is 0 Å². The minimum Gasteiger partial charge on any atom is -0.370 e. The van der Waals surface area contributed by atoms with Gasteiger partial charge in [0.2, 0.25) is 5.91 Å². The van der Waals surface area contributed by atoms with Crippen LogP contribution in [-0.2, 0) is 4.79 Å². The van der Waals surface area contributed by atoms with Gasteiger partial charge in [0.15, 0.2) is 0 Å². The molecule has 0 spiro atoms. The van der Waals surface area contributed by atoms with Gasteiger partial charge in [0.25, 0.3) is 0 Å². The number of halogens is 3. The summed E-state index contributed by atoms with van der Waals surface area (Å²) in [4.78, 5) is 10.4. The summed E-state index contributed by atoms with van der Waals surface area (Å²) >= 11 is 0. The minimum absolute atomic E-state index is 0.0204. The lowest BCUT2D eigenvalue weighted by molar-refractivity contribution is -0.135. The number of hydrogen-bond donors (Lipinski definition) is 2. The van der Waals surface area contributed by atoms with Gasteiger partial charge in [-0.15, -0.1) is 0 Å². The molecule has 0 heterocycles. The predicted molar refractivity (Wildman–Crippen MR) is 46.6 cm³/mol. The summed E-state index contributed by atoms with van der Waals surface area (Å²) in [5, 5.41) is 2.79. The second-order valence-electron chi connectivity index (χ2n) is 3.24. The number of hydrogen-bond acceptors (Lipinski definition) is 2. The van der Waals surface area contributed by atoms with Gasteiger partial charge in [0.1, 0.15) is 0 Å². The Morgan fingerprint density at radius 1 is 1.50 bits per heavy atom. The van der Waals surface area contributed by atoms with Gasteiger partial charge >= 0.3 is 6.18 Å². The summed E-state index contributed by atoms with van der Waals surface area (Å²) in [6.07, 6.45) is -4.74. The molecule has 0 bridgehead atoms.